The second-order valence-electron chi connectivity index (χ2n) is 9.55. The Bertz CT molecular complexity index is 1320. The molecule has 1 saturated heterocycles. The molecule has 1 atom stereocenters. The molecule has 0 saturated carbocycles. The molecule has 2 heterocycles. The molecule has 1 fully saturated rings. The van der Waals surface area contributed by atoms with E-state index in [0.29, 0.717) is 6.61 Å². The van der Waals surface area contributed by atoms with Crippen molar-refractivity contribution in [2.45, 2.75) is 52.9 Å². The van der Waals surface area contributed by atoms with Gasteiger partial charge >= 0.3 is 6.09 Å². The molecule has 1 unspecified atom stereocenters. The lowest BCUT2D eigenvalue weighted by Crippen LogP contribution is -2.37. The van der Waals surface area contributed by atoms with Crippen LogP contribution in [0.5, 0.6) is 0 Å². The highest BCUT2D eigenvalue weighted by Crippen LogP contribution is 2.30. The minimum Gasteiger partial charge on any atom is -0.445 e. The Kier molecular flexibility index (Phi) is 6.29. The number of nitrogens with zero attached hydrogens (tertiary/aromatic N) is 2. The third kappa shape index (κ3) is 4.66. The summed E-state index contributed by atoms with van der Waals surface area (Å²) in [6.07, 6.45) is 0.607. The number of carbonyl (C=O) groups is 1. The summed E-state index contributed by atoms with van der Waals surface area (Å²) in [4.78, 5) is 14.8. The molecule has 1 aliphatic heterocycles. The molecule has 0 bridgehead atoms. The van der Waals surface area contributed by atoms with E-state index in [9.17, 15) is 4.79 Å². The lowest BCUT2D eigenvalue weighted by Gasteiger charge is -2.17. The third-order valence-corrected chi connectivity index (χ3v) is 6.80. The number of ether oxygens (including phenoxy) is 1. The number of benzene rings is 3. The molecule has 1 amide bonds. The highest BCUT2D eigenvalue weighted by molar-refractivity contribution is 6.08. The zero-order valence-corrected chi connectivity index (χ0v) is 20.3. The Balaban J connectivity index is 1.19. The summed E-state index contributed by atoms with van der Waals surface area (Å²) in [5.74, 6) is 0. The van der Waals surface area contributed by atoms with Gasteiger partial charge in [0.15, 0.2) is 0 Å². The van der Waals surface area contributed by atoms with Crippen LogP contribution in [-0.4, -0.2) is 34.7 Å². The molecular weight excluding hydrogens is 422 g/mol. The highest BCUT2D eigenvalue weighted by atomic mass is 16.5. The minimum absolute atomic E-state index is 0.123. The van der Waals surface area contributed by atoms with Gasteiger partial charge in [-0.3, -0.25) is 4.90 Å². The van der Waals surface area contributed by atoms with Crippen molar-refractivity contribution < 1.29 is 9.53 Å². The summed E-state index contributed by atoms with van der Waals surface area (Å²) >= 11 is 0. The fourth-order valence-corrected chi connectivity index (χ4v) is 5.40. The number of alkyl carbamates (subject to hydrolysis) is 1. The Morgan fingerprint density at radius 3 is 2.53 bits per heavy atom. The molecule has 3 aromatic carbocycles. The highest BCUT2D eigenvalue weighted by Gasteiger charge is 2.24. The number of nitrogens with one attached hydrogen (secondary N) is 1. The molecule has 4 aromatic rings. The van der Waals surface area contributed by atoms with Gasteiger partial charge in [0.1, 0.15) is 6.61 Å². The maximum absolute atomic E-state index is 12.4. The van der Waals surface area contributed by atoms with Crippen LogP contribution in [0.15, 0.2) is 60.7 Å². The topological polar surface area (TPSA) is 46.5 Å². The van der Waals surface area contributed by atoms with E-state index >= 15 is 0 Å². The molecule has 1 N–H and O–H groups in total. The van der Waals surface area contributed by atoms with E-state index < -0.39 is 0 Å². The maximum Gasteiger partial charge on any atom is 0.407 e. The van der Waals surface area contributed by atoms with Gasteiger partial charge in [-0.1, -0.05) is 53.6 Å². The number of carbonyl (C=O) groups excluding carboxylic acids is 1. The summed E-state index contributed by atoms with van der Waals surface area (Å²) in [5.41, 5.74) is 7.29. The normalized spacial score (nSPS) is 16.4. The first-order chi connectivity index (χ1) is 16.5. The molecule has 1 aliphatic rings. The second kappa shape index (κ2) is 9.51. The van der Waals surface area contributed by atoms with Crippen molar-refractivity contribution >= 4 is 27.9 Å². The van der Waals surface area contributed by atoms with Gasteiger partial charge in [-0.2, -0.15) is 0 Å². The van der Waals surface area contributed by atoms with Gasteiger partial charge in [0.05, 0.1) is 0 Å². The van der Waals surface area contributed by atoms with Gasteiger partial charge < -0.3 is 14.6 Å². The Morgan fingerprint density at radius 1 is 0.971 bits per heavy atom. The van der Waals surface area contributed by atoms with Crippen LogP contribution in [-0.2, 0) is 24.4 Å². The molecule has 5 heteroatoms. The van der Waals surface area contributed by atoms with Gasteiger partial charge in [0.25, 0.3) is 0 Å². The van der Waals surface area contributed by atoms with Crippen LogP contribution >= 0.6 is 0 Å². The number of amides is 1. The number of hydrogen-bond donors (Lipinski definition) is 1. The van der Waals surface area contributed by atoms with Crippen molar-refractivity contribution in [1.82, 2.24) is 14.8 Å². The smallest absolute Gasteiger partial charge is 0.407 e. The SMILES string of the molecule is CCn1c2ccccc2c2cc(CN3CCC(NC(=O)OCc4cc(C)cc(C)c4)C3)ccc21. The number of rotatable bonds is 6. The van der Waals surface area contributed by atoms with Gasteiger partial charge in [-0.25, -0.2) is 4.79 Å². The monoisotopic (exact) mass is 455 g/mol. The lowest BCUT2D eigenvalue weighted by molar-refractivity contribution is 0.135. The van der Waals surface area contributed by atoms with Crippen molar-refractivity contribution in [1.29, 1.82) is 0 Å². The average Bonchev–Trinajstić information content (AvgIpc) is 3.38. The van der Waals surface area contributed by atoms with Crippen molar-refractivity contribution in [3.05, 3.63) is 82.9 Å². The molecule has 0 aliphatic carbocycles. The van der Waals surface area contributed by atoms with Crippen LogP contribution in [0.1, 0.15) is 35.6 Å². The molecule has 5 nitrogen and oxygen atoms in total. The van der Waals surface area contributed by atoms with Crippen LogP contribution in [0.3, 0.4) is 0 Å². The Hall–Kier alpha value is -3.31. The molecular formula is C29H33N3O2. The first-order valence-electron chi connectivity index (χ1n) is 12.2. The van der Waals surface area contributed by atoms with Gasteiger partial charge in [0.2, 0.25) is 0 Å². The molecule has 1 aromatic heterocycles. The van der Waals surface area contributed by atoms with E-state index in [4.69, 9.17) is 4.74 Å². The summed E-state index contributed by atoms with van der Waals surface area (Å²) in [6.45, 7) is 10.3. The number of hydrogen-bond acceptors (Lipinski definition) is 3. The molecule has 34 heavy (non-hydrogen) atoms. The summed E-state index contributed by atoms with van der Waals surface area (Å²) in [6, 6.07) is 21.8. The number of fused-ring (bicyclic) bond motifs is 3. The zero-order chi connectivity index (χ0) is 23.7. The maximum atomic E-state index is 12.4. The van der Waals surface area contributed by atoms with E-state index in [1.54, 1.807) is 0 Å². The van der Waals surface area contributed by atoms with Crippen molar-refractivity contribution in [2.75, 3.05) is 13.1 Å². The van der Waals surface area contributed by atoms with Crippen LogP contribution in [0.2, 0.25) is 0 Å². The van der Waals surface area contributed by atoms with Gasteiger partial charge in [-0.15, -0.1) is 0 Å². The van der Waals surface area contributed by atoms with Crippen molar-refractivity contribution in [3.8, 4) is 0 Å². The number of para-hydroxylation sites is 1. The van der Waals surface area contributed by atoms with Crippen LogP contribution in [0.25, 0.3) is 21.8 Å². The van der Waals surface area contributed by atoms with Crippen LogP contribution < -0.4 is 5.32 Å². The summed E-state index contributed by atoms with van der Waals surface area (Å²) in [5, 5.41) is 5.68. The molecule has 0 spiro atoms. The lowest BCUT2D eigenvalue weighted by atomic mass is 10.1. The van der Waals surface area contributed by atoms with E-state index in [1.807, 2.05) is 0 Å². The number of aryl methyl sites for hydroxylation is 3. The van der Waals surface area contributed by atoms with Crippen molar-refractivity contribution in [2.24, 2.45) is 0 Å². The van der Waals surface area contributed by atoms with Crippen LogP contribution in [0.4, 0.5) is 4.79 Å². The quantitative estimate of drug-likeness (QED) is 0.392. The second-order valence-corrected chi connectivity index (χ2v) is 9.55. The molecule has 0 radical (unpaired) electrons. The average molecular weight is 456 g/mol. The fourth-order valence-electron chi connectivity index (χ4n) is 5.40. The third-order valence-electron chi connectivity index (χ3n) is 6.80. The van der Waals surface area contributed by atoms with Crippen molar-refractivity contribution in [3.63, 3.8) is 0 Å². The van der Waals surface area contributed by atoms with E-state index in [1.165, 1.54) is 38.5 Å². The summed E-state index contributed by atoms with van der Waals surface area (Å²) < 4.78 is 7.87. The van der Waals surface area contributed by atoms with Crippen LogP contribution in [0, 0.1) is 13.8 Å². The van der Waals surface area contributed by atoms with E-state index in [0.717, 1.165) is 38.2 Å². The van der Waals surface area contributed by atoms with E-state index in [2.05, 4.69) is 96.2 Å². The minimum atomic E-state index is -0.334. The molecule has 176 valence electrons. The Morgan fingerprint density at radius 2 is 1.74 bits per heavy atom. The molecule has 5 rings (SSSR count). The predicted molar refractivity (Wildman–Crippen MR) is 138 cm³/mol. The zero-order valence-electron chi connectivity index (χ0n) is 20.3. The summed E-state index contributed by atoms with van der Waals surface area (Å²) in [7, 11) is 0. The number of aromatic nitrogens is 1. The Labute approximate surface area is 201 Å². The number of likely N-dealkylation sites (tertiary alicyclic amines) is 1. The van der Waals surface area contributed by atoms with E-state index in [-0.39, 0.29) is 12.1 Å². The first kappa shape index (κ1) is 22.5. The fraction of sp³-hybridized carbons (Fsp3) is 0.345. The van der Waals surface area contributed by atoms with Gasteiger partial charge in [-0.05, 0) is 56.5 Å². The predicted octanol–water partition coefficient (Wildman–Crippen LogP) is 5.93. The van der Waals surface area contributed by atoms with Gasteiger partial charge in [0, 0.05) is 54.0 Å². The largest absolute Gasteiger partial charge is 0.445 e. The standard InChI is InChI=1S/C29H33N3O2/c1-4-32-27-8-6-5-7-25(27)26-16-22(9-10-28(26)32)17-31-12-11-24(18-31)30-29(33)34-19-23-14-20(2)13-21(3)15-23/h5-10,13-16,24H,4,11-12,17-19H2,1-3H3,(H,30,33). The first-order valence-corrected chi connectivity index (χ1v) is 12.2.